The van der Waals surface area contributed by atoms with Crippen LogP contribution in [-0.4, -0.2) is 36.2 Å². The molecule has 2 fully saturated rings. The van der Waals surface area contributed by atoms with Crippen molar-refractivity contribution in [3.05, 3.63) is 52.2 Å². The molecule has 35 heavy (non-hydrogen) atoms. The topological polar surface area (TPSA) is 87.7 Å². The van der Waals surface area contributed by atoms with Gasteiger partial charge in [0.15, 0.2) is 0 Å². The van der Waals surface area contributed by atoms with Crippen molar-refractivity contribution in [2.45, 2.75) is 65.1 Å². The number of thiophene rings is 1. The lowest BCUT2D eigenvalue weighted by Crippen LogP contribution is -2.58. The first-order valence-corrected chi connectivity index (χ1v) is 13.5. The third-order valence-corrected chi connectivity index (χ3v) is 9.51. The zero-order chi connectivity index (χ0) is 25.2. The van der Waals surface area contributed by atoms with E-state index in [2.05, 4.69) is 24.5 Å². The number of nitrogens with one attached hydrogen (secondary N) is 2. The molecule has 0 spiro atoms. The van der Waals surface area contributed by atoms with Gasteiger partial charge in [-0.25, -0.2) is 0 Å². The molecule has 2 aliphatic rings. The third kappa shape index (κ3) is 5.41. The normalized spacial score (nSPS) is 31.2. The quantitative estimate of drug-likeness (QED) is 0.519. The summed E-state index contributed by atoms with van der Waals surface area (Å²) in [7, 11) is 1.60. The summed E-state index contributed by atoms with van der Waals surface area (Å²) in [5, 5.41) is 19.9. The van der Waals surface area contributed by atoms with Gasteiger partial charge in [0.1, 0.15) is 5.75 Å². The number of ether oxygens (including phenoxy) is 1. The van der Waals surface area contributed by atoms with Crippen molar-refractivity contribution in [3.8, 4) is 5.75 Å². The van der Waals surface area contributed by atoms with Gasteiger partial charge in [0.2, 0.25) is 5.91 Å². The van der Waals surface area contributed by atoms with E-state index in [0.717, 1.165) is 30.6 Å². The maximum atomic E-state index is 12.9. The second-order valence-corrected chi connectivity index (χ2v) is 11.7. The van der Waals surface area contributed by atoms with E-state index >= 15 is 0 Å². The maximum absolute atomic E-state index is 12.9. The van der Waals surface area contributed by atoms with Gasteiger partial charge in [-0.3, -0.25) is 9.59 Å². The Balaban J connectivity index is 1.42. The number of carbonyl (C=O) groups excluding carboxylic acids is 2. The van der Waals surface area contributed by atoms with Gasteiger partial charge < -0.3 is 20.5 Å². The Bertz CT molecular complexity index is 1010. The Morgan fingerprint density at radius 2 is 1.91 bits per heavy atom. The van der Waals surface area contributed by atoms with Crippen LogP contribution in [0.2, 0.25) is 0 Å². The Kier molecular flexibility index (Phi) is 7.86. The van der Waals surface area contributed by atoms with Gasteiger partial charge in [-0.1, -0.05) is 26.8 Å². The van der Waals surface area contributed by atoms with Crippen molar-refractivity contribution in [1.82, 2.24) is 10.6 Å². The smallest absolute Gasteiger partial charge is 0.251 e. The van der Waals surface area contributed by atoms with E-state index in [1.54, 1.807) is 42.7 Å². The molecule has 7 atom stereocenters. The molecule has 190 valence electrons. The van der Waals surface area contributed by atoms with Crippen LogP contribution in [0.3, 0.4) is 0 Å². The van der Waals surface area contributed by atoms with Gasteiger partial charge in [0.05, 0.1) is 19.8 Å². The van der Waals surface area contributed by atoms with Gasteiger partial charge in [0, 0.05) is 22.4 Å². The van der Waals surface area contributed by atoms with Crippen molar-refractivity contribution in [2.75, 3.05) is 7.11 Å². The predicted octanol–water partition coefficient (Wildman–Crippen LogP) is 4.63. The molecule has 1 aromatic carbocycles. The molecule has 3 N–H and O–H groups in total. The lowest BCUT2D eigenvalue weighted by Gasteiger charge is -2.56. The average Bonchev–Trinajstić information content (AvgIpc) is 3.38. The third-order valence-electron chi connectivity index (χ3n) is 8.63. The molecular weight excluding hydrogens is 460 g/mol. The summed E-state index contributed by atoms with van der Waals surface area (Å²) >= 11 is 1.63. The van der Waals surface area contributed by atoms with E-state index in [1.807, 2.05) is 24.4 Å². The number of methoxy groups -OCH3 is 1. The molecule has 7 heteroatoms. The van der Waals surface area contributed by atoms with Crippen molar-refractivity contribution >= 4 is 23.2 Å². The van der Waals surface area contributed by atoms with Crippen LogP contribution in [0, 0.1) is 29.1 Å². The number of carbonyl (C=O) groups is 2. The standard InChI is InChI=1S/C28H38N2O4S/c1-17(26(32)29-16-21-6-5-15-35-21)22-11-13-28(3)14-12-23(18(2)24(28)25(22)31)30-27(33)19-7-9-20(34-4)10-8-19/h5-10,15,17-18,22-25,31H,11-14,16H2,1-4H3,(H,29,32)(H,30,33)/t17-,18-,22-,23-,24+,25-,28+/m0/s1. The Hall–Kier alpha value is -2.38. The Morgan fingerprint density at radius 1 is 1.20 bits per heavy atom. The second-order valence-electron chi connectivity index (χ2n) is 10.7. The number of benzene rings is 1. The number of aliphatic hydroxyl groups excluding tert-OH is 1. The zero-order valence-electron chi connectivity index (χ0n) is 21.1. The first-order chi connectivity index (χ1) is 16.7. The average molecular weight is 499 g/mol. The monoisotopic (exact) mass is 498 g/mol. The first-order valence-electron chi connectivity index (χ1n) is 12.7. The van der Waals surface area contributed by atoms with Crippen molar-refractivity contribution < 1.29 is 19.4 Å². The highest BCUT2D eigenvalue weighted by Crippen LogP contribution is 2.55. The number of aliphatic hydroxyl groups is 1. The minimum atomic E-state index is -0.577. The second kappa shape index (κ2) is 10.7. The largest absolute Gasteiger partial charge is 0.497 e. The number of fused-ring (bicyclic) bond motifs is 1. The summed E-state index contributed by atoms with van der Waals surface area (Å²) in [6.07, 6.45) is 3.11. The molecule has 2 saturated carbocycles. The highest BCUT2D eigenvalue weighted by atomic mass is 32.1. The summed E-state index contributed by atoms with van der Waals surface area (Å²) in [5.41, 5.74) is 0.619. The molecule has 2 aromatic rings. The fourth-order valence-corrected chi connectivity index (χ4v) is 7.08. The highest BCUT2D eigenvalue weighted by molar-refractivity contribution is 7.09. The minimum absolute atomic E-state index is 0.00104. The van der Waals surface area contributed by atoms with Gasteiger partial charge in [-0.15, -0.1) is 11.3 Å². The Morgan fingerprint density at radius 3 is 2.57 bits per heavy atom. The molecule has 6 nitrogen and oxygen atoms in total. The molecule has 0 aliphatic heterocycles. The zero-order valence-corrected chi connectivity index (χ0v) is 21.9. The molecule has 2 amide bonds. The van der Waals surface area contributed by atoms with Gasteiger partial charge >= 0.3 is 0 Å². The molecule has 0 radical (unpaired) electrons. The summed E-state index contributed by atoms with van der Waals surface area (Å²) in [6, 6.07) is 11.1. The summed E-state index contributed by atoms with van der Waals surface area (Å²) in [6.45, 7) is 6.89. The fourth-order valence-electron chi connectivity index (χ4n) is 6.43. The van der Waals surface area contributed by atoms with Crippen LogP contribution in [0.1, 0.15) is 61.7 Å². The Labute approximate surface area is 212 Å². The summed E-state index contributed by atoms with van der Waals surface area (Å²) in [5.74, 6) is 0.396. The SMILES string of the molecule is COc1ccc(C(=O)N[C@H]2CC[C@@]3(C)CC[C@@H]([C@H](C)C(=O)NCc4cccs4)[C@H](O)[C@H]3[C@H]2C)cc1. The van der Waals surface area contributed by atoms with Crippen molar-refractivity contribution in [3.63, 3.8) is 0 Å². The number of hydrogen-bond donors (Lipinski definition) is 3. The van der Waals surface area contributed by atoms with Crippen LogP contribution in [0.15, 0.2) is 41.8 Å². The van der Waals surface area contributed by atoms with Crippen LogP contribution < -0.4 is 15.4 Å². The van der Waals surface area contributed by atoms with Crippen LogP contribution in [-0.2, 0) is 11.3 Å². The molecule has 1 aromatic heterocycles. The number of amides is 2. The molecule has 0 bridgehead atoms. The van der Waals surface area contributed by atoms with Gasteiger partial charge in [0.25, 0.3) is 5.91 Å². The fraction of sp³-hybridized carbons (Fsp3) is 0.571. The summed E-state index contributed by atoms with van der Waals surface area (Å²) < 4.78 is 5.19. The molecule has 2 aliphatic carbocycles. The van der Waals surface area contributed by atoms with Crippen LogP contribution >= 0.6 is 11.3 Å². The van der Waals surface area contributed by atoms with E-state index in [9.17, 15) is 14.7 Å². The van der Waals surface area contributed by atoms with E-state index in [0.29, 0.717) is 17.9 Å². The van der Waals surface area contributed by atoms with Crippen LogP contribution in [0.5, 0.6) is 5.75 Å². The lowest BCUT2D eigenvalue weighted by atomic mass is 9.51. The van der Waals surface area contributed by atoms with E-state index in [1.165, 1.54) is 0 Å². The van der Waals surface area contributed by atoms with Crippen LogP contribution in [0.4, 0.5) is 0 Å². The number of hydrogen-bond acceptors (Lipinski definition) is 5. The van der Waals surface area contributed by atoms with Gasteiger partial charge in [-0.2, -0.15) is 0 Å². The molecule has 4 rings (SSSR count). The number of rotatable bonds is 7. The van der Waals surface area contributed by atoms with Gasteiger partial charge in [-0.05, 0) is 84.6 Å². The van der Waals surface area contributed by atoms with Crippen molar-refractivity contribution in [2.24, 2.45) is 29.1 Å². The molecule has 0 saturated heterocycles. The van der Waals surface area contributed by atoms with Crippen molar-refractivity contribution in [1.29, 1.82) is 0 Å². The van der Waals surface area contributed by atoms with Crippen LogP contribution in [0.25, 0.3) is 0 Å². The summed E-state index contributed by atoms with van der Waals surface area (Å²) in [4.78, 5) is 27.0. The predicted molar refractivity (Wildman–Crippen MR) is 138 cm³/mol. The van der Waals surface area contributed by atoms with E-state index in [4.69, 9.17) is 4.74 Å². The van der Waals surface area contributed by atoms with E-state index in [-0.39, 0.29) is 46.9 Å². The lowest BCUT2D eigenvalue weighted by molar-refractivity contribution is -0.142. The first kappa shape index (κ1) is 25.7. The molecule has 1 heterocycles. The minimum Gasteiger partial charge on any atom is -0.497 e. The maximum Gasteiger partial charge on any atom is 0.251 e. The molecular formula is C28H38N2O4S. The van der Waals surface area contributed by atoms with E-state index < -0.39 is 6.10 Å². The highest BCUT2D eigenvalue weighted by Gasteiger charge is 2.53. The molecule has 0 unspecified atom stereocenters.